The van der Waals surface area contributed by atoms with Crippen LogP contribution in [0.15, 0.2) is 36.4 Å². The number of ether oxygens (including phenoxy) is 2. The zero-order chi connectivity index (χ0) is 15.4. The number of nitrogens with zero attached hydrogens (tertiary/aromatic N) is 1. The van der Waals surface area contributed by atoms with Crippen molar-refractivity contribution in [3.8, 4) is 23.3 Å². The maximum absolute atomic E-state index is 13.1. The molecule has 0 atom stereocenters. The number of rotatable bonds is 4. The smallest absolute Gasteiger partial charge is 0.339 e. The Labute approximate surface area is 119 Å². The fourth-order valence-electron chi connectivity index (χ4n) is 1.69. The van der Waals surface area contributed by atoms with Crippen molar-refractivity contribution in [3.63, 3.8) is 0 Å². The average molecular weight is 287 g/mol. The minimum atomic E-state index is -1.20. The molecule has 5 nitrogen and oxygen atoms in total. The van der Waals surface area contributed by atoms with Crippen LogP contribution in [0.3, 0.4) is 0 Å². The van der Waals surface area contributed by atoms with Crippen molar-refractivity contribution < 1.29 is 23.8 Å². The molecule has 21 heavy (non-hydrogen) atoms. The van der Waals surface area contributed by atoms with Gasteiger partial charge in [-0.2, -0.15) is 5.26 Å². The van der Waals surface area contributed by atoms with Gasteiger partial charge in [-0.1, -0.05) is 0 Å². The first kappa shape index (κ1) is 14.3. The van der Waals surface area contributed by atoms with E-state index in [0.717, 1.165) is 12.1 Å². The highest BCUT2D eigenvalue weighted by atomic mass is 19.1. The molecule has 1 N–H and O–H groups in total. The lowest BCUT2D eigenvalue weighted by Crippen LogP contribution is -2.01. The molecule has 0 radical (unpaired) electrons. The van der Waals surface area contributed by atoms with Crippen LogP contribution in [0, 0.1) is 17.1 Å². The number of carboxylic acid groups (broad SMARTS) is 1. The van der Waals surface area contributed by atoms with E-state index in [0.29, 0.717) is 5.75 Å². The van der Waals surface area contributed by atoms with Gasteiger partial charge in [0, 0.05) is 0 Å². The van der Waals surface area contributed by atoms with Crippen molar-refractivity contribution in [2.45, 2.75) is 0 Å². The molecule has 0 aliphatic heterocycles. The number of carbonyl (C=O) groups is 1. The highest BCUT2D eigenvalue weighted by Crippen LogP contribution is 2.30. The summed E-state index contributed by atoms with van der Waals surface area (Å²) >= 11 is 0. The van der Waals surface area contributed by atoms with E-state index >= 15 is 0 Å². The summed E-state index contributed by atoms with van der Waals surface area (Å²) in [6.07, 6.45) is 0. The molecule has 0 aliphatic rings. The molecule has 0 heterocycles. The van der Waals surface area contributed by atoms with Crippen LogP contribution in [0.5, 0.6) is 17.2 Å². The van der Waals surface area contributed by atoms with E-state index in [1.54, 1.807) is 6.07 Å². The Hall–Kier alpha value is -3.07. The summed E-state index contributed by atoms with van der Waals surface area (Å²) in [5.41, 5.74) is -0.148. The van der Waals surface area contributed by atoms with Gasteiger partial charge in [0.1, 0.15) is 34.7 Å². The lowest BCUT2D eigenvalue weighted by molar-refractivity contribution is 0.0693. The lowest BCUT2D eigenvalue weighted by Gasteiger charge is -2.11. The third-order valence-corrected chi connectivity index (χ3v) is 2.70. The Morgan fingerprint density at radius 3 is 2.57 bits per heavy atom. The molecular weight excluding hydrogens is 277 g/mol. The number of methoxy groups -OCH3 is 1. The van der Waals surface area contributed by atoms with Crippen molar-refractivity contribution in [3.05, 3.63) is 53.3 Å². The number of aromatic carboxylic acids is 1. The maximum atomic E-state index is 13.1. The Balaban J connectivity index is 2.45. The average Bonchev–Trinajstić information content (AvgIpc) is 2.49. The Morgan fingerprint density at radius 2 is 1.95 bits per heavy atom. The van der Waals surface area contributed by atoms with Crippen LogP contribution in [0.2, 0.25) is 0 Å². The number of hydrogen-bond acceptors (Lipinski definition) is 4. The summed E-state index contributed by atoms with van der Waals surface area (Å²) in [5, 5.41) is 18.1. The Bertz CT molecular complexity index is 737. The third kappa shape index (κ3) is 3.09. The van der Waals surface area contributed by atoms with Gasteiger partial charge in [0.25, 0.3) is 0 Å². The van der Waals surface area contributed by atoms with Crippen molar-refractivity contribution in [1.82, 2.24) is 0 Å². The zero-order valence-corrected chi connectivity index (χ0v) is 11.0. The molecule has 106 valence electrons. The summed E-state index contributed by atoms with van der Waals surface area (Å²) in [7, 11) is 1.41. The van der Waals surface area contributed by atoms with Crippen LogP contribution in [0.1, 0.15) is 15.9 Å². The summed E-state index contributed by atoms with van der Waals surface area (Å²) in [6, 6.07) is 9.43. The van der Waals surface area contributed by atoms with Crippen LogP contribution < -0.4 is 9.47 Å². The van der Waals surface area contributed by atoms with Gasteiger partial charge >= 0.3 is 5.97 Å². The molecule has 0 saturated heterocycles. The van der Waals surface area contributed by atoms with E-state index in [9.17, 15) is 14.3 Å². The second-order valence-electron chi connectivity index (χ2n) is 4.02. The molecule has 2 aromatic rings. The molecule has 6 heteroatoms. The van der Waals surface area contributed by atoms with E-state index in [-0.39, 0.29) is 22.6 Å². The Morgan fingerprint density at radius 1 is 1.24 bits per heavy atom. The first-order valence-corrected chi connectivity index (χ1v) is 5.84. The first-order chi connectivity index (χ1) is 10.0. The number of carboxylic acids is 1. The fraction of sp³-hybridized carbons (Fsp3) is 0.0667. The second kappa shape index (κ2) is 5.92. The summed E-state index contributed by atoms with van der Waals surface area (Å²) < 4.78 is 23.4. The fourth-order valence-corrected chi connectivity index (χ4v) is 1.69. The van der Waals surface area contributed by atoms with Crippen LogP contribution in [-0.4, -0.2) is 18.2 Å². The summed E-state index contributed by atoms with van der Waals surface area (Å²) in [5.74, 6) is -1.31. The normalized spacial score (nSPS) is 9.76. The standard InChI is InChI=1S/C15H10FNO4/c1-20-11-3-5-14(12(7-11)15(18)19)21-13-4-2-10(16)6-9(13)8-17/h2-7H,1H3,(H,18,19). The molecule has 0 amide bonds. The molecule has 0 aromatic heterocycles. The van der Waals surface area contributed by atoms with Gasteiger partial charge in [0.05, 0.1) is 12.7 Å². The van der Waals surface area contributed by atoms with Crippen LogP contribution in [-0.2, 0) is 0 Å². The van der Waals surface area contributed by atoms with Gasteiger partial charge in [0.2, 0.25) is 0 Å². The number of benzene rings is 2. The van der Waals surface area contributed by atoms with Crippen molar-refractivity contribution in [2.75, 3.05) is 7.11 Å². The van der Waals surface area contributed by atoms with Crippen molar-refractivity contribution in [1.29, 1.82) is 5.26 Å². The van der Waals surface area contributed by atoms with Crippen LogP contribution in [0.4, 0.5) is 4.39 Å². The second-order valence-corrected chi connectivity index (χ2v) is 4.02. The highest BCUT2D eigenvalue weighted by Gasteiger charge is 2.15. The largest absolute Gasteiger partial charge is 0.497 e. The molecule has 0 fully saturated rings. The number of halogens is 1. The molecule has 0 unspecified atom stereocenters. The molecule has 0 aliphatic carbocycles. The molecule has 0 saturated carbocycles. The van der Waals surface area contributed by atoms with E-state index in [1.807, 2.05) is 0 Å². The van der Waals surface area contributed by atoms with Crippen molar-refractivity contribution in [2.24, 2.45) is 0 Å². The predicted molar refractivity (Wildman–Crippen MR) is 71.1 cm³/mol. The Kier molecular flexibility index (Phi) is 4.05. The topological polar surface area (TPSA) is 79.5 Å². The SMILES string of the molecule is COc1ccc(Oc2ccc(F)cc2C#N)c(C(=O)O)c1. The molecule has 0 spiro atoms. The zero-order valence-electron chi connectivity index (χ0n) is 11.0. The van der Waals surface area contributed by atoms with E-state index in [1.165, 1.54) is 31.4 Å². The molecule has 2 aromatic carbocycles. The third-order valence-electron chi connectivity index (χ3n) is 2.70. The minimum Gasteiger partial charge on any atom is -0.497 e. The predicted octanol–water partition coefficient (Wildman–Crippen LogP) is 3.20. The highest BCUT2D eigenvalue weighted by molar-refractivity contribution is 5.91. The van der Waals surface area contributed by atoms with Crippen LogP contribution >= 0.6 is 0 Å². The van der Waals surface area contributed by atoms with E-state index in [2.05, 4.69) is 0 Å². The first-order valence-electron chi connectivity index (χ1n) is 5.84. The molecule has 0 bridgehead atoms. The lowest BCUT2D eigenvalue weighted by atomic mass is 10.1. The minimum absolute atomic E-state index is 0.0258. The van der Waals surface area contributed by atoms with Crippen molar-refractivity contribution >= 4 is 5.97 Å². The monoisotopic (exact) mass is 287 g/mol. The van der Waals surface area contributed by atoms with Gasteiger partial charge in [-0.15, -0.1) is 0 Å². The summed E-state index contributed by atoms with van der Waals surface area (Å²) in [6.45, 7) is 0. The van der Waals surface area contributed by atoms with E-state index in [4.69, 9.17) is 14.7 Å². The van der Waals surface area contributed by atoms with Crippen LogP contribution in [0.25, 0.3) is 0 Å². The van der Waals surface area contributed by atoms with Gasteiger partial charge in [-0.05, 0) is 36.4 Å². The summed E-state index contributed by atoms with van der Waals surface area (Å²) in [4.78, 5) is 11.2. The molecular formula is C15H10FNO4. The molecule has 2 rings (SSSR count). The van der Waals surface area contributed by atoms with Gasteiger partial charge < -0.3 is 14.6 Å². The number of hydrogen-bond donors (Lipinski definition) is 1. The quantitative estimate of drug-likeness (QED) is 0.934. The number of nitriles is 1. The van der Waals surface area contributed by atoms with Gasteiger partial charge in [-0.25, -0.2) is 9.18 Å². The van der Waals surface area contributed by atoms with E-state index < -0.39 is 11.8 Å². The van der Waals surface area contributed by atoms with Gasteiger partial charge in [-0.3, -0.25) is 0 Å². The van der Waals surface area contributed by atoms with Gasteiger partial charge in [0.15, 0.2) is 0 Å². The maximum Gasteiger partial charge on any atom is 0.339 e.